The normalized spacial score (nSPS) is 10.5. The van der Waals surface area contributed by atoms with Crippen LogP contribution in [0.15, 0.2) is 16.8 Å². The van der Waals surface area contributed by atoms with Gasteiger partial charge in [0.2, 0.25) is 5.91 Å². The number of carbonyl (C=O) groups is 2. The fourth-order valence-corrected chi connectivity index (χ4v) is 0.378. The second-order valence-electron chi connectivity index (χ2n) is 1.83. The van der Waals surface area contributed by atoms with Crippen LogP contribution in [0.4, 0.5) is 0 Å². The lowest BCUT2D eigenvalue weighted by molar-refractivity contribution is -0.118. The summed E-state index contributed by atoms with van der Waals surface area (Å²) in [6.45, 7) is 4.46. The van der Waals surface area contributed by atoms with Gasteiger partial charge in [0.1, 0.15) is 0 Å². The van der Waals surface area contributed by atoms with Crippen LogP contribution in [0.2, 0.25) is 0 Å². The van der Waals surface area contributed by atoms with Crippen molar-refractivity contribution in [1.29, 1.82) is 0 Å². The van der Waals surface area contributed by atoms with Gasteiger partial charge in [-0.15, -0.1) is 0 Å². The molecule has 11 heavy (non-hydrogen) atoms. The molecule has 2 amide bonds. The van der Waals surface area contributed by atoms with Crippen LogP contribution in [0.5, 0.6) is 0 Å². The number of amides is 2. The maximum atomic E-state index is 10.6. The molecule has 0 aromatic heterocycles. The molecule has 60 valence electrons. The van der Waals surface area contributed by atoms with Gasteiger partial charge in [0, 0.05) is 18.4 Å². The van der Waals surface area contributed by atoms with E-state index in [0.717, 1.165) is 6.08 Å². The van der Waals surface area contributed by atoms with Crippen molar-refractivity contribution in [2.45, 2.75) is 6.92 Å². The topological polar surface area (TPSA) is 84.6 Å². The smallest absolute Gasteiger partial charge is 0.264 e. The SMILES string of the molecule is C=NNC(=O)/C=C(\C)C(N)=O. The van der Waals surface area contributed by atoms with Crippen LogP contribution in [-0.4, -0.2) is 18.5 Å². The Morgan fingerprint density at radius 3 is 2.55 bits per heavy atom. The molecule has 0 aliphatic rings. The molecule has 0 spiro atoms. The van der Waals surface area contributed by atoms with Crippen LogP contribution in [0.3, 0.4) is 0 Å². The van der Waals surface area contributed by atoms with Gasteiger partial charge in [-0.2, -0.15) is 5.10 Å². The molecule has 0 saturated heterocycles. The molecule has 0 saturated carbocycles. The predicted molar refractivity (Wildman–Crippen MR) is 40.6 cm³/mol. The fourth-order valence-electron chi connectivity index (χ4n) is 0.378. The van der Waals surface area contributed by atoms with E-state index in [2.05, 4.69) is 11.8 Å². The summed E-state index contributed by atoms with van der Waals surface area (Å²) < 4.78 is 0. The summed E-state index contributed by atoms with van der Waals surface area (Å²) in [5.41, 5.74) is 7.04. The first-order valence-corrected chi connectivity index (χ1v) is 2.81. The van der Waals surface area contributed by atoms with Gasteiger partial charge >= 0.3 is 0 Å². The average molecular weight is 155 g/mol. The minimum atomic E-state index is -0.635. The molecule has 0 aliphatic heterocycles. The van der Waals surface area contributed by atoms with E-state index in [1.54, 1.807) is 0 Å². The average Bonchev–Trinajstić information content (AvgIpc) is 1.87. The summed E-state index contributed by atoms with van der Waals surface area (Å²) >= 11 is 0. The number of nitrogens with two attached hydrogens (primary N) is 1. The zero-order chi connectivity index (χ0) is 8.85. The number of hydrogen-bond donors (Lipinski definition) is 2. The predicted octanol–water partition coefficient (Wildman–Crippen LogP) is -0.850. The van der Waals surface area contributed by atoms with E-state index in [1.807, 2.05) is 5.43 Å². The number of carbonyl (C=O) groups excluding carboxylic acids is 2. The zero-order valence-corrected chi connectivity index (χ0v) is 6.13. The lowest BCUT2D eigenvalue weighted by Gasteiger charge is -1.93. The number of hydrogen-bond acceptors (Lipinski definition) is 3. The Hall–Kier alpha value is -1.65. The Balaban J connectivity index is 4.18. The van der Waals surface area contributed by atoms with Gasteiger partial charge in [0.05, 0.1) is 0 Å². The Kier molecular flexibility index (Phi) is 3.58. The monoisotopic (exact) mass is 155 g/mol. The first-order chi connectivity index (χ1) is 5.07. The molecule has 0 atom stereocenters. The van der Waals surface area contributed by atoms with Crippen molar-refractivity contribution in [1.82, 2.24) is 5.43 Å². The summed E-state index contributed by atoms with van der Waals surface area (Å²) in [5, 5.41) is 3.10. The third-order valence-electron chi connectivity index (χ3n) is 0.926. The number of nitrogens with one attached hydrogen (secondary N) is 1. The molecule has 0 fully saturated rings. The number of rotatable bonds is 3. The van der Waals surface area contributed by atoms with E-state index in [4.69, 9.17) is 5.73 Å². The minimum Gasteiger partial charge on any atom is -0.366 e. The highest BCUT2D eigenvalue weighted by molar-refractivity contribution is 5.99. The second-order valence-corrected chi connectivity index (χ2v) is 1.83. The lowest BCUT2D eigenvalue weighted by atomic mass is 10.3. The lowest BCUT2D eigenvalue weighted by Crippen LogP contribution is -2.18. The van der Waals surface area contributed by atoms with E-state index in [1.165, 1.54) is 6.92 Å². The third-order valence-corrected chi connectivity index (χ3v) is 0.926. The standard InChI is InChI=1S/C6H9N3O2/c1-4(6(7)11)3-5(10)9-8-2/h3H,2H2,1H3,(H2,7,11)(H,9,10)/b4-3+. The van der Waals surface area contributed by atoms with Crippen LogP contribution in [0.25, 0.3) is 0 Å². The van der Waals surface area contributed by atoms with Crippen molar-refractivity contribution in [2.75, 3.05) is 0 Å². The van der Waals surface area contributed by atoms with Gasteiger partial charge in [-0.1, -0.05) is 0 Å². The minimum absolute atomic E-state index is 0.172. The third kappa shape index (κ3) is 3.85. The first-order valence-electron chi connectivity index (χ1n) is 2.81. The number of primary amides is 1. The molecule has 0 aromatic rings. The van der Waals surface area contributed by atoms with Crippen LogP contribution in [0.1, 0.15) is 6.92 Å². The summed E-state index contributed by atoms with van der Waals surface area (Å²) in [7, 11) is 0. The van der Waals surface area contributed by atoms with E-state index < -0.39 is 11.8 Å². The molecule has 3 N–H and O–H groups in total. The number of hydrazone groups is 1. The van der Waals surface area contributed by atoms with Crippen molar-refractivity contribution >= 4 is 18.5 Å². The van der Waals surface area contributed by atoms with Crippen LogP contribution < -0.4 is 11.2 Å². The molecule has 0 aromatic carbocycles. The Morgan fingerprint density at radius 1 is 1.64 bits per heavy atom. The van der Waals surface area contributed by atoms with E-state index in [9.17, 15) is 9.59 Å². The van der Waals surface area contributed by atoms with Crippen molar-refractivity contribution in [3.8, 4) is 0 Å². The quantitative estimate of drug-likeness (QED) is 0.316. The molecule has 5 heteroatoms. The van der Waals surface area contributed by atoms with E-state index in [0.29, 0.717) is 0 Å². The highest BCUT2D eigenvalue weighted by Gasteiger charge is 1.99. The molecule has 0 radical (unpaired) electrons. The highest BCUT2D eigenvalue weighted by Crippen LogP contribution is 1.88. The van der Waals surface area contributed by atoms with Gasteiger partial charge in [-0.25, -0.2) is 5.43 Å². The molecular weight excluding hydrogens is 146 g/mol. The molecule has 0 bridgehead atoms. The van der Waals surface area contributed by atoms with E-state index >= 15 is 0 Å². The van der Waals surface area contributed by atoms with Gasteiger partial charge in [0.25, 0.3) is 5.91 Å². The van der Waals surface area contributed by atoms with Crippen LogP contribution in [0, 0.1) is 0 Å². The molecular formula is C6H9N3O2. The maximum Gasteiger partial charge on any atom is 0.264 e. The Bertz CT molecular complexity index is 220. The molecule has 0 unspecified atom stereocenters. The highest BCUT2D eigenvalue weighted by atomic mass is 16.2. The van der Waals surface area contributed by atoms with Gasteiger partial charge < -0.3 is 5.73 Å². The summed E-state index contributed by atoms with van der Waals surface area (Å²) in [6.07, 6.45) is 1.05. The molecule has 0 aliphatic carbocycles. The first kappa shape index (κ1) is 9.35. The van der Waals surface area contributed by atoms with Crippen molar-refractivity contribution in [2.24, 2.45) is 10.8 Å². The summed E-state index contributed by atoms with van der Waals surface area (Å²) in [6, 6.07) is 0. The summed E-state index contributed by atoms with van der Waals surface area (Å²) in [5.74, 6) is -1.15. The van der Waals surface area contributed by atoms with E-state index in [-0.39, 0.29) is 5.57 Å². The van der Waals surface area contributed by atoms with Crippen molar-refractivity contribution in [3.63, 3.8) is 0 Å². The fraction of sp³-hybridized carbons (Fsp3) is 0.167. The van der Waals surface area contributed by atoms with Crippen LogP contribution in [-0.2, 0) is 9.59 Å². The van der Waals surface area contributed by atoms with Crippen LogP contribution >= 0.6 is 0 Å². The molecule has 0 rings (SSSR count). The largest absolute Gasteiger partial charge is 0.366 e. The molecule has 0 heterocycles. The zero-order valence-electron chi connectivity index (χ0n) is 6.13. The van der Waals surface area contributed by atoms with Crippen molar-refractivity contribution < 1.29 is 9.59 Å². The van der Waals surface area contributed by atoms with Gasteiger partial charge in [0.15, 0.2) is 0 Å². The van der Waals surface area contributed by atoms with Gasteiger partial charge in [-0.05, 0) is 6.92 Å². The Labute approximate surface area is 64.0 Å². The maximum absolute atomic E-state index is 10.6. The molecule has 5 nitrogen and oxygen atoms in total. The number of nitrogens with zero attached hydrogens (tertiary/aromatic N) is 1. The van der Waals surface area contributed by atoms with Gasteiger partial charge in [-0.3, -0.25) is 9.59 Å². The summed E-state index contributed by atoms with van der Waals surface area (Å²) in [4.78, 5) is 21.0. The second kappa shape index (κ2) is 4.21. The Morgan fingerprint density at radius 2 is 2.18 bits per heavy atom. The van der Waals surface area contributed by atoms with Crippen molar-refractivity contribution in [3.05, 3.63) is 11.6 Å².